The first-order valence-corrected chi connectivity index (χ1v) is 9.83. The molecule has 3 fully saturated rings. The van der Waals surface area contributed by atoms with Gasteiger partial charge in [0.15, 0.2) is 0 Å². The molecule has 0 N–H and O–H groups in total. The van der Waals surface area contributed by atoms with Crippen molar-refractivity contribution in [1.82, 2.24) is 0 Å². The zero-order valence-corrected chi connectivity index (χ0v) is 16.2. The fourth-order valence-electron chi connectivity index (χ4n) is 3.44. The molecule has 8 heteroatoms. The van der Waals surface area contributed by atoms with Crippen molar-refractivity contribution < 1.29 is 38.1 Å². The van der Waals surface area contributed by atoms with Crippen LogP contribution in [0.2, 0.25) is 0 Å². The molecule has 1 saturated carbocycles. The molecular formula is C20H28O8. The predicted molar refractivity (Wildman–Crippen MR) is 96.1 cm³/mol. The second-order valence-electron chi connectivity index (χ2n) is 7.75. The number of carbonyl (C=O) groups is 3. The standard InChI is InChI=1S/C20H28O8/c1-12(2)18(21)24-6-5-13-7-14(19(22)27-10-15-8-25-15)3-4-17(13)20(23)28-11-16-9-26-16/h13-17H,1,3-11H2,2H3. The number of hydrogen-bond acceptors (Lipinski definition) is 8. The summed E-state index contributed by atoms with van der Waals surface area (Å²) < 4.78 is 26.0. The lowest BCUT2D eigenvalue weighted by Crippen LogP contribution is -2.36. The molecule has 2 aliphatic heterocycles. The molecule has 1 aliphatic carbocycles. The van der Waals surface area contributed by atoms with Gasteiger partial charge in [-0.05, 0) is 38.5 Å². The van der Waals surface area contributed by atoms with Gasteiger partial charge in [-0.25, -0.2) is 4.79 Å². The third-order valence-corrected chi connectivity index (χ3v) is 5.32. The number of carbonyl (C=O) groups excluding carboxylic acids is 3. The molecule has 3 rings (SSSR count). The highest BCUT2D eigenvalue weighted by Gasteiger charge is 2.40. The monoisotopic (exact) mass is 396 g/mol. The van der Waals surface area contributed by atoms with Crippen LogP contribution in [0.25, 0.3) is 0 Å². The van der Waals surface area contributed by atoms with Gasteiger partial charge in [0, 0.05) is 5.57 Å². The normalized spacial score (nSPS) is 30.8. The van der Waals surface area contributed by atoms with Crippen LogP contribution in [0, 0.1) is 17.8 Å². The van der Waals surface area contributed by atoms with E-state index >= 15 is 0 Å². The van der Waals surface area contributed by atoms with Crippen LogP contribution in [0.1, 0.15) is 32.6 Å². The molecule has 28 heavy (non-hydrogen) atoms. The Morgan fingerprint density at radius 3 is 2.14 bits per heavy atom. The van der Waals surface area contributed by atoms with Crippen molar-refractivity contribution in [2.24, 2.45) is 17.8 Å². The smallest absolute Gasteiger partial charge is 0.333 e. The first-order valence-electron chi connectivity index (χ1n) is 9.83. The van der Waals surface area contributed by atoms with E-state index < -0.39 is 5.97 Å². The number of rotatable bonds is 10. The second kappa shape index (κ2) is 9.52. The maximum atomic E-state index is 12.5. The first-order chi connectivity index (χ1) is 13.4. The number of ether oxygens (including phenoxy) is 5. The molecule has 0 spiro atoms. The Morgan fingerprint density at radius 2 is 1.57 bits per heavy atom. The van der Waals surface area contributed by atoms with Crippen molar-refractivity contribution in [1.29, 1.82) is 0 Å². The van der Waals surface area contributed by atoms with Crippen LogP contribution in [0.3, 0.4) is 0 Å². The van der Waals surface area contributed by atoms with Crippen LogP contribution in [0.4, 0.5) is 0 Å². The SMILES string of the molecule is C=C(C)C(=O)OCCC1CC(C(=O)OCC2CO2)CCC1C(=O)OCC1CO1. The minimum atomic E-state index is -0.457. The Morgan fingerprint density at radius 1 is 0.964 bits per heavy atom. The largest absolute Gasteiger partial charge is 0.463 e. The van der Waals surface area contributed by atoms with E-state index in [9.17, 15) is 14.4 Å². The highest BCUT2D eigenvalue weighted by molar-refractivity contribution is 5.86. The molecule has 8 nitrogen and oxygen atoms in total. The van der Waals surface area contributed by atoms with E-state index in [0.717, 1.165) is 0 Å². The maximum absolute atomic E-state index is 12.5. The Labute approximate surface area is 164 Å². The van der Waals surface area contributed by atoms with Gasteiger partial charge in [0.2, 0.25) is 0 Å². The summed E-state index contributed by atoms with van der Waals surface area (Å²) in [4.78, 5) is 36.5. The van der Waals surface area contributed by atoms with Gasteiger partial charge in [0.25, 0.3) is 0 Å². The van der Waals surface area contributed by atoms with Crippen LogP contribution in [0.15, 0.2) is 12.2 Å². The molecule has 0 amide bonds. The molecule has 0 aromatic heterocycles. The summed E-state index contributed by atoms with van der Waals surface area (Å²) in [6.07, 6.45) is 2.14. The maximum Gasteiger partial charge on any atom is 0.333 e. The summed E-state index contributed by atoms with van der Waals surface area (Å²) in [6.45, 7) is 7.10. The fourth-order valence-corrected chi connectivity index (χ4v) is 3.44. The summed E-state index contributed by atoms with van der Waals surface area (Å²) in [5.74, 6) is -1.69. The summed E-state index contributed by atoms with van der Waals surface area (Å²) in [7, 11) is 0. The van der Waals surface area contributed by atoms with Gasteiger partial charge in [-0.3, -0.25) is 9.59 Å². The van der Waals surface area contributed by atoms with E-state index in [1.165, 1.54) is 0 Å². The lowest BCUT2D eigenvalue weighted by molar-refractivity contribution is -0.159. The summed E-state index contributed by atoms with van der Waals surface area (Å²) in [6, 6.07) is 0. The minimum Gasteiger partial charge on any atom is -0.463 e. The van der Waals surface area contributed by atoms with Gasteiger partial charge in [0.05, 0.1) is 31.7 Å². The van der Waals surface area contributed by atoms with Crippen LogP contribution in [-0.4, -0.2) is 63.2 Å². The van der Waals surface area contributed by atoms with E-state index in [4.69, 9.17) is 23.7 Å². The zero-order chi connectivity index (χ0) is 20.1. The van der Waals surface area contributed by atoms with E-state index in [0.29, 0.717) is 44.5 Å². The topological polar surface area (TPSA) is 104 Å². The third-order valence-electron chi connectivity index (χ3n) is 5.32. The number of hydrogen-bond donors (Lipinski definition) is 0. The van der Waals surface area contributed by atoms with Crippen LogP contribution in [0.5, 0.6) is 0 Å². The summed E-state index contributed by atoms with van der Waals surface area (Å²) in [5, 5.41) is 0. The van der Waals surface area contributed by atoms with Crippen molar-refractivity contribution in [3.63, 3.8) is 0 Å². The van der Waals surface area contributed by atoms with Crippen LogP contribution >= 0.6 is 0 Å². The molecule has 2 heterocycles. The molecule has 2 saturated heterocycles. The van der Waals surface area contributed by atoms with Gasteiger partial charge in [-0.2, -0.15) is 0 Å². The van der Waals surface area contributed by atoms with E-state index in [1.807, 2.05) is 0 Å². The average Bonchev–Trinajstić information content (AvgIpc) is 3.58. The van der Waals surface area contributed by atoms with Gasteiger partial charge in [-0.15, -0.1) is 0 Å². The summed E-state index contributed by atoms with van der Waals surface area (Å²) in [5.41, 5.74) is 0.327. The van der Waals surface area contributed by atoms with E-state index in [1.54, 1.807) is 6.92 Å². The van der Waals surface area contributed by atoms with Crippen molar-refractivity contribution in [3.8, 4) is 0 Å². The van der Waals surface area contributed by atoms with E-state index in [2.05, 4.69) is 6.58 Å². The zero-order valence-electron chi connectivity index (χ0n) is 16.2. The molecule has 156 valence electrons. The van der Waals surface area contributed by atoms with Crippen molar-refractivity contribution in [2.45, 2.75) is 44.8 Å². The molecule has 5 unspecified atom stereocenters. The van der Waals surface area contributed by atoms with Gasteiger partial charge in [0.1, 0.15) is 25.4 Å². The predicted octanol–water partition coefficient (Wildman–Crippen LogP) is 1.41. The molecule has 0 bridgehead atoms. The van der Waals surface area contributed by atoms with Gasteiger partial charge < -0.3 is 23.7 Å². The van der Waals surface area contributed by atoms with Gasteiger partial charge >= 0.3 is 17.9 Å². The molecule has 5 atom stereocenters. The van der Waals surface area contributed by atoms with Crippen molar-refractivity contribution >= 4 is 17.9 Å². The minimum absolute atomic E-state index is 0.00915. The second-order valence-corrected chi connectivity index (χ2v) is 7.75. The van der Waals surface area contributed by atoms with Crippen molar-refractivity contribution in [3.05, 3.63) is 12.2 Å². The lowest BCUT2D eigenvalue weighted by atomic mass is 9.72. The Hall–Kier alpha value is -1.93. The number of esters is 3. The van der Waals surface area contributed by atoms with Crippen LogP contribution in [-0.2, 0) is 38.1 Å². The fraction of sp³-hybridized carbons (Fsp3) is 0.750. The highest BCUT2D eigenvalue weighted by Crippen LogP contribution is 2.37. The molecule has 0 aromatic carbocycles. The quantitative estimate of drug-likeness (QED) is 0.236. The lowest BCUT2D eigenvalue weighted by Gasteiger charge is -2.33. The molecule has 0 radical (unpaired) electrons. The van der Waals surface area contributed by atoms with Gasteiger partial charge in [-0.1, -0.05) is 6.58 Å². The Balaban J connectivity index is 1.52. The highest BCUT2D eigenvalue weighted by atomic mass is 16.6. The Bertz CT molecular complexity index is 607. The molecule has 0 aromatic rings. The summed E-state index contributed by atoms with van der Waals surface area (Å²) >= 11 is 0. The first kappa shape index (κ1) is 20.8. The third kappa shape index (κ3) is 6.31. The number of epoxide rings is 2. The van der Waals surface area contributed by atoms with E-state index in [-0.39, 0.29) is 61.7 Å². The molecule has 3 aliphatic rings. The van der Waals surface area contributed by atoms with Crippen molar-refractivity contribution in [2.75, 3.05) is 33.0 Å². The molecular weight excluding hydrogens is 368 g/mol. The average molecular weight is 396 g/mol. The Kier molecular flexibility index (Phi) is 7.07. The van der Waals surface area contributed by atoms with Crippen LogP contribution < -0.4 is 0 Å².